The minimum absolute atomic E-state index is 0.0910. The molecular formula is C65H122N10O18S2Si. The quantitative estimate of drug-likeness (QED) is 0.0698. The molecule has 0 spiro atoms. The fourth-order valence-electron chi connectivity index (χ4n) is 8.70. The topological polar surface area (TPSA) is 306 Å². The van der Waals surface area contributed by atoms with E-state index in [4.69, 9.17) is 33.2 Å². The van der Waals surface area contributed by atoms with E-state index in [2.05, 4.69) is 30.3 Å². The van der Waals surface area contributed by atoms with Crippen molar-refractivity contribution in [2.45, 2.75) is 209 Å². The Morgan fingerprint density at radius 3 is 0.812 bits per heavy atom. The molecular weight excluding hydrogens is 1300 g/mol. The highest BCUT2D eigenvalue weighted by Crippen LogP contribution is 2.19. The lowest BCUT2D eigenvalue weighted by Gasteiger charge is -2.35. The zero-order valence-electron chi connectivity index (χ0n) is 62.4. The van der Waals surface area contributed by atoms with Gasteiger partial charge >= 0.3 is 48.5 Å². The molecule has 2 unspecified atom stereocenters. The van der Waals surface area contributed by atoms with E-state index in [1.54, 1.807) is 141 Å². The number of thioether (sulfide) groups is 2. The van der Waals surface area contributed by atoms with Crippen LogP contribution >= 0.6 is 23.5 Å². The van der Waals surface area contributed by atoms with Crippen LogP contribution in [0.1, 0.15) is 137 Å². The van der Waals surface area contributed by atoms with Crippen LogP contribution in [0.5, 0.6) is 0 Å². The zero-order valence-corrected chi connectivity index (χ0v) is 65.0. The third kappa shape index (κ3) is 41.6. The van der Waals surface area contributed by atoms with E-state index in [9.17, 15) is 53.1 Å². The molecule has 2 rings (SSSR count). The number of nitrogens with one attached hydrogen (secondary N) is 2. The Balaban J connectivity index is 0.000000968. The van der Waals surface area contributed by atoms with Gasteiger partial charge in [-0.05, 0) is 168 Å². The number of hydrogen-bond donors (Lipinski definition) is 3. The van der Waals surface area contributed by atoms with E-state index in [0.29, 0.717) is 24.5 Å². The Morgan fingerprint density at radius 2 is 0.604 bits per heavy atom. The number of hydrogen-bond acceptors (Lipinski definition) is 21. The maximum absolute atomic E-state index is 13.5. The van der Waals surface area contributed by atoms with Crippen LogP contribution in [-0.2, 0) is 52.3 Å². The van der Waals surface area contributed by atoms with E-state index in [-0.39, 0.29) is 130 Å². The third-order valence-electron chi connectivity index (χ3n) is 13.5. The van der Waals surface area contributed by atoms with Crippen molar-refractivity contribution in [1.82, 2.24) is 49.8 Å². The maximum Gasteiger partial charge on any atom is 0.410 e. The molecule has 556 valence electrons. The molecule has 0 radical (unpaired) electrons. The molecule has 2 fully saturated rings. The molecule has 0 aromatic carbocycles. The van der Waals surface area contributed by atoms with Crippen molar-refractivity contribution in [3.8, 4) is 0 Å². The average Bonchev–Trinajstić information content (AvgIpc) is 0.912. The summed E-state index contributed by atoms with van der Waals surface area (Å²) < 4.78 is 39.5. The Kier molecular flexibility index (Phi) is 37.2. The predicted octanol–water partition coefficient (Wildman–Crippen LogP) is 8.47. The molecule has 0 bridgehead atoms. The average molecular weight is 1420 g/mol. The molecule has 2 aliphatic heterocycles. The molecule has 3 N–H and O–H groups in total. The van der Waals surface area contributed by atoms with Gasteiger partial charge in [-0.15, -0.1) is 0 Å². The van der Waals surface area contributed by atoms with Gasteiger partial charge in [0.1, 0.15) is 45.7 Å². The molecule has 2 atom stereocenters. The zero-order chi connectivity index (χ0) is 73.8. The summed E-state index contributed by atoms with van der Waals surface area (Å²) in [4.78, 5) is 143. The van der Waals surface area contributed by atoms with E-state index >= 15 is 0 Å². The lowest BCUT2D eigenvalue weighted by Crippen LogP contribution is -2.53. The first-order valence-corrected chi connectivity index (χ1v) is 39.7. The fraction of sp³-hybridized carbons (Fsp3) is 0.846. The van der Waals surface area contributed by atoms with E-state index in [1.807, 2.05) is 17.4 Å². The highest BCUT2D eigenvalue weighted by Gasteiger charge is 2.34. The second-order valence-electron chi connectivity index (χ2n) is 31.0. The van der Waals surface area contributed by atoms with Crippen molar-refractivity contribution in [1.29, 1.82) is 0 Å². The normalized spacial score (nSPS) is 16.8. The van der Waals surface area contributed by atoms with Gasteiger partial charge in [0.15, 0.2) is 0 Å². The maximum atomic E-state index is 13.5. The summed E-state index contributed by atoms with van der Waals surface area (Å²) in [7, 11) is -1.42. The number of nitrogens with zero attached hydrogens (tertiary/aromatic N) is 8. The van der Waals surface area contributed by atoms with Crippen molar-refractivity contribution >= 4 is 91.9 Å². The second-order valence-corrected chi connectivity index (χ2v) is 38.6. The first kappa shape index (κ1) is 88.3. The highest BCUT2D eigenvalue weighted by atomic mass is 32.2. The molecule has 8 amide bonds. The van der Waals surface area contributed by atoms with Gasteiger partial charge in [-0.2, -0.15) is 23.5 Å². The van der Waals surface area contributed by atoms with Crippen LogP contribution in [0.2, 0.25) is 25.7 Å². The Morgan fingerprint density at radius 1 is 0.385 bits per heavy atom. The van der Waals surface area contributed by atoms with Crippen molar-refractivity contribution in [2.24, 2.45) is 0 Å². The predicted molar refractivity (Wildman–Crippen MR) is 376 cm³/mol. The molecule has 2 saturated heterocycles. The third-order valence-corrected chi connectivity index (χ3v) is 16.5. The second kappa shape index (κ2) is 40.4. The van der Waals surface area contributed by atoms with Gasteiger partial charge < -0.3 is 78.3 Å². The minimum Gasteiger partial charge on any atom is -0.480 e. The van der Waals surface area contributed by atoms with Gasteiger partial charge in [0.05, 0.1) is 19.7 Å². The first-order chi connectivity index (χ1) is 43.9. The van der Waals surface area contributed by atoms with Crippen LogP contribution in [0.4, 0.5) is 28.8 Å². The SMILES string of the molecule is CSCCC(NC(=O)CN1CCN(C(=O)OC(C)(C)C)CCN(C(=O)OC(C)(C)C)CCN(C(=O)OC(C)(C)C)CC1)C(=O)O.CSCCC(NC(=O)CN1CCN(C(=O)OC(C)(C)C)CCN(C(=O)OC(C)(C)C)CCN(C(=O)OC(C)(C)C)CC1)C(=O)OCC[Si](C)(C)C. The van der Waals surface area contributed by atoms with Gasteiger partial charge in [0, 0.05) is 113 Å². The van der Waals surface area contributed by atoms with Gasteiger partial charge in [0.2, 0.25) is 11.8 Å². The number of ether oxygens (including phenoxy) is 7. The Labute approximate surface area is 582 Å². The summed E-state index contributed by atoms with van der Waals surface area (Å²) >= 11 is 3.06. The van der Waals surface area contributed by atoms with Crippen LogP contribution in [0, 0.1) is 0 Å². The van der Waals surface area contributed by atoms with Crippen molar-refractivity contribution in [3.63, 3.8) is 0 Å². The number of carbonyl (C=O) groups excluding carboxylic acids is 9. The van der Waals surface area contributed by atoms with E-state index in [0.717, 1.165) is 6.04 Å². The number of aliphatic carboxylic acids is 1. The summed E-state index contributed by atoms with van der Waals surface area (Å²) in [6, 6.07) is -1.00. The number of carboxylic acids is 1. The molecule has 96 heavy (non-hydrogen) atoms. The van der Waals surface area contributed by atoms with Crippen LogP contribution in [-0.4, -0.2) is 307 Å². The lowest BCUT2D eigenvalue weighted by atomic mass is 10.2. The summed E-state index contributed by atoms with van der Waals surface area (Å²) in [5.74, 6) is -1.21. The van der Waals surface area contributed by atoms with E-state index in [1.165, 1.54) is 41.2 Å². The lowest BCUT2D eigenvalue weighted by molar-refractivity contribution is -0.147. The van der Waals surface area contributed by atoms with Crippen LogP contribution in [0.15, 0.2) is 0 Å². The first-order valence-electron chi connectivity index (χ1n) is 33.2. The van der Waals surface area contributed by atoms with Gasteiger partial charge in [-0.3, -0.25) is 19.4 Å². The Bertz CT molecular complexity index is 2400. The minimum atomic E-state index is -1.42. The molecule has 0 aliphatic carbocycles. The Hall–Kier alpha value is -5.66. The van der Waals surface area contributed by atoms with Gasteiger partial charge in [-0.1, -0.05) is 19.6 Å². The van der Waals surface area contributed by atoms with Crippen molar-refractivity contribution < 1.29 is 86.2 Å². The molecule has 0 saturated carbocycles. The smallest absolute Gasteiger partial charge is 0.410 e. The van der Waals surface area contributed by atoms with E-state index < -0.39 is 108 Å². The number of rotatable bonds is 17. The van der Waals surface area contributed by atoms with Crippen molar-refractivity contribution in [3.05, 3.63) is 0 Å². The number of carboxylic acid groups (broad SMARTS) is 1. The number of carbonyl (C=O) groups is 10. The van der Waals surface area contributed by atoms with Gasteiger partial charge in [-0.25, -0.2) is 38.4 Å². The van der Waals surface area contributed by atoms with Gasteiger partial charge in [0.25, 0.3) is 0 Å². The fourth-order valence-corrected chi connectivity index (χ4v) is 10.4. The molecule has 0 aromatic rings. The molecule has 28 nitrogen and oxygen atoms in total. The summed E-state index contributed by atoms with van der Waals surface area (Å²) in [6.07, 6.45) is 1.08. The standard InChI is InChI=1S/C35H67N5O9SSi.C30H55N5O9S/c1-33(2,3)47-30(43)38-17-15-37(26-28(41)36-27(14-24-50-10)29(42)46-23-25-51(11,12)13)16-18-39(31(44)48-34(4,5)6)20-22-40(21-19-38)32(45)49-35(7,8)9;1-28(2,3)42-25(39)33-14-12-32(21-23(36)31-22(24(37)38)11-20-45-10)13-15-34(26(40)43-29(4,5)6)17-19-35(18-16-33)27(41)44-30(7,8)9/h27H,14-26H2,1-13H3,(H,36,41);22H,11-21H2,1-10H3,(H,31,36)(H,37,38). The molecule has 2 heterocycles. The largest absolute Gasteiger partial charge is 0.480 e. The molecule has 0 aromatic heterocycles. The monoisotopic (exact) mass is 1420 g/mol. The number of amides is 8. The summed E-state index contributed by atoms with van der Waals surface area (Å²) in [5, 5.41) is 15.0. The molecule has 2 aliphatic rings. The highest BCUT2D eigenvalue weighted by molar-refractivity contribution is 7.98. The van der Waals surface area contributed by atoms with Crippen LogP contribution in [0.3, 0.4) is 0 Å². The van der Waals surface area contributed by atoms with Crippen molar-refractivity contribution in [2.75, 3.05) is 148 Å². The van der Waals surface area contributed by atoms with Crippen LogP contribution in [0.25, 0.3) is 0 Å². The number of esters is 1. The van der Waals surface area contributed by atoms with Crippen LogP contribution < -0.4 is 10.6 Å². The summed E-state index contributed by atoms with van der Waals surface area (Å²) in [5.41, 5.74) is -4.55. The molecule has 31 heteroatoms. The summed E-state index contributed by atoms with van der Waals surface area (Å²) in [6.45, 7) is 40.9.